The SMILES string of the molecule is CCCCCC/C=C\CCCCCCCC(=O)OCC(COP(=O)(O)OCC[N+](C)(C)C)OC(=O)CCCCCCCCCCCCCCCCCCCCCCCCCCC/C=C\CCCCCCCCCC. The van der Waals surface area contributed by atoms with Crippen LogP contribution in [-0.2, 0) is 32.7 Å². The molecule has 0 bridgehead atoms. The second-order valence-corrected chi connectivity index (χ2v) is 24.6. The zero-order chi connectivity index (χ0) is 54.2. The van der Waals surface area contributed by atoms with Gasteiger partial charge in [-0.3, -0.25) is 18.6 Å². The third-order valence-corrected chi connectivity index (χ3v) is 15.4. The topological polar surface area (TPSA) is 108 Å². The van der Waals surface area contributed by atoms with Crippen molar-refractivity contribution < 1.29 is 42.1 Å². The van der Waals surface area contributed by atoms with Crippen molar-refractivity contribution in [2.75, 3.05) is 47.5 Å². The number of carbonyl (C=O) groups excluding carboxylic acids is 2. The number of phosphoric acid groups is 1. The Hall–Kier alpha value is -1.51. The van der Waals surface area contributed by atoms with Crippen LogP contribution in [0.4, 0.5) is 0 Å². The summed E-state index contributed by atoms with van der Waals surface area (Å²) in [5, 5.41) is 0. The van der Waals surface area contributed by atoms with Crippen LogP contribution in [0.15, 0.2) is 24.3 Å². The molecule has 438 valence electrons. The van der Waals surface area contributed by atoms with E-state index in [1.165, 1.54) is 238 Å². The van der Waals surface area contributed by atoms with E-state index in [-0.39, 0.29) is 32.0 Å². The van der Waals surface area contributed by atoms with Crippen LogP contribution in [-0.4, -0.2) is 74.9 Å². The molecule has 0 aliphatic heterocycles. The van der Waals surface area contributed by atoms with E-state index in [1.807, 2.05) is 21.1 Å². The third-order valence-electron chi connectivity index (χ3n) is 14.5. The lowest BCUT2D eigenvalue weighted by Crippen LogP contribution is -2.37. The molecule has 0 rings (SSSR count). The van der Waals surface area contributed by atoms with Gasteiger partial charge in [0.2, 0.25) is 0 Å². The average molecular weight is 1070 g/mol. The van der Waals surface area contributed by atoms with Crippen LogP contribution in [0.1, 0.15) is 322 Å². The van der Waals surface area contributed by atoms with Gasteiger partial charge < -0.3 is 18.9 Å². The first kappa shape index (κ1) is 72.5. The molecule has 0 spiro atoms. The summed E-state index contributed by atoms with van der Waals surface area (Å²) in [7, 11) is 1.49. The quantitative estimate of drug-likeness (QED) is 0.0211. The molecule has 2 unspecified atom stereocenters. The Bertz CT molecular complexity index is 1300. The number of phosphoric ester groups is 1. The number of nitrogens with zero attached hydrogens (tertiary/aromatic N) is 1. The summed E-state index contributed by atoms with van der Waals surface area (Å²) in [6.45, 7) is 4.45. The zero-order valence-electron chi connectivity index (χ0n) is 49.9. The zero-order valence-corrected chi connectivity index (χ0v) is 50.8. The summed E-state index contributed by atoms with van der Waals surface area (Å²) in [5.41, 5.74) is 0. The number of hydrogen-bond donors (Lipinski definition) is 1. The van der Waals surface area contributed by atoms with Gasteiger partial charge in [0.15, 0.2) is 6.10 Å². The Morgan fingerprint density at radius 3 is 1.01 bits per heavy atom. The Morgan fingerprint density at radius 1 is 0.405 bits per heavy atom. The standard InChI is InChI=1S/C64H124NO8P/c1-6-8-10-12-14-16-18-20-21-22-23-24-25-26-27-28-29-30-31-32-33-34-35-36-37-38-39-40-41-42-43-45-47-49-51-53-55-57-64(67)73-62(61-72-74(68,69)71-59-58-65(3,4)5)60-70-63(66)56-54-52-50-48-46-44-19-17-15-13-11-9-7-2/h17,19,22-23,62H,6-16,18,20-21,24-61H2,1-5H3/p+1/b19-17-,23-22-. The predicted molar refractivity (Wildman–Crippen MR) is 317 cm³/mol. The first-order valence-electron chi connectivity index (χ1n) is 32.1. The van der Waals surface area contributed by atoms with Crippen LogP contribution in [0.2, 0.25) is 0 Å². The molecule has 0 aliphatic rings. The summed E-state index contributed by atoms with van der Waals surface area (Å²) in [6, 6.07) is 0. The van der Waals surface area contributed by atoms with Crippen molar-refractivity contribution in [1.82, 2.24) is 0 Å². The van der Waals surface area contributed by atoms with E-state index in [0.29, 0.717) is 17.4 Å². The second-order valence-electron chi connectivity index (χ2n) is 23.1. The number of hydrogen-bond acceptors (Lipinski definition) is 7. The van der Waals surface area contributed by atoms with E-state index in [2.05, 4.69) is 38.2 Å². The second kappa shape index (κ2) is 56.2. The van der Waals surface area contributed by atoms with Gasteiger partial charge in [-0.15, -0.1) is 0 Å². The number of quaternary nitrogens is 1. The maximum absolute atomic E-state index is 12.8. The third kappa shape index (κ3) is 59.7. The first-order valence-corrected chi connectivity index (χ1v) is 33.6. The van der Waals surface area contributed by atoms with Crippen LogP contribution in [0.5, 0.6) is 0 Å². The molecule has 0 amide bonds. The van der Waals surface area contributed by atoms with Crippen molar-refractivity contribution >= 4 is 19.8 Å². The van der Waals surface area contributed by atoms with Gasteiger partial charge in [0, 0.05) is 12.8 Å². The first-order chi connectivity index (χ1) is 36.0. The van der Waals surface area contributed by atoms with Crippen LogP contribution in [0.25, 0.3) is 0 Å². The number of rotatable bonds is 60. The van der Waals surface area contributed by atoms with Crippen molar-refractivity contribution in [3.05, 3.63) is 24.3 Å². The van der Waals surface area contributed by atoms with E-state index in [4.69, 9.17) is 18.5 Å². The van der Waals surface area contributed by atoms with Crippen LogP contribution in [0.3, 0.4) is 0 Å². The highest BCUT2D eigenvalue weighted by atomic mass is 31.2. The monoisotopic (exact) mass is 1070 g/mol. The minimum atomic E-state index is -4.38. The van der Waals surface area contributed by atoms with Gasteiger partial charge in [0.25, 0.3) is 0 Å². The molecule has 0 aliphatic carbocycles. The van der Waals surface area contributed by atoms with Crippen molar-refractivity contribution in [2.24, 2.45) is 0 Å². The molecule has 1 N–H and O–H groups in total. The smallest absolute Gasteiger partial charge is 0.462 e. The Labute approximate surface area is 459 Å². The summed E-state index contributed by atoms with van der Waals surface area (Å²) < 4.78 is 34.5. The molecule has 0 aromatic heterocycles. The number of ether oxygens (including phenoxy) is 2. The fraction of sp³-hybridized carbons (Fsp3) is 0.906. The molecule has 10 heteroatoms. The van der Waals surface area contributed by atoms with Gasteiger partial charge in [-0.25, -0.2) is 4.57 Å². The van der Waals surface area contributed by atoms with Crippen molar-refractivity contribution in [1.29, 1.82) is 0 Å². The molecule has 0 aromatic carbocycles. The number of allylic oxidation sites excluding steroid dienone is 4. The highest BCUT2D eigenvalue weighted by Crippen LogP contribution is 2.43. The van der Waals surface area contributed by atoms with E-state index in [9.17, 15) is 19.0 Å². The number of unbranched alkanes of at least 4 members (excludes halogenated alkanes) is 42. The normalized spacial score (nSPS) is 13.3. The fourth-order valence-corrected chi connectivity index (χ4v) is 10.2. The van der Waals surface area contributed by atoms with E-state index in [1.54, 1.807) is 0 Å². The summed E-state index contributed by atoms with van der Waals surface area (Å²) in [4.78, 5) is 35.6. The molecule has 0 saturated carbocycles. The average Bonchev–Trinajstić information content (AvgIpc) is 3.36. The van der Waals surface area contributed by atoms with Gasteiger partial charge in [-0.2, -0.15) is 0 Å². The maximum atomic E-state index is 12.8. The predicted octanol–water partition coefficient (Wildman–Crippen LogP) is 20.2. The fourth-order valence-electron chi connectivity index (χ4n) is 9.48. The van der Waals surface area contributed by atoms with E-state index >= 15 is 0 Å². The lowest BCUT2D eigenvalue weighted by atomic mass is 10.0. The Morgan fingerprint density at radius 2 is 0.689 bits per heavy atom. The highest BCUT2D eigenvalue weighted by molar-refractivity contribution is 7.47. The lowest BCUT2D eigenvalue weighted by molar-refractivity contribution is -0.870. The molecule has 0 heterocycles. The number of likely N-dealkylation sites (N-methyl/N-ethyl adjacent to an activating group) is 1. The van der Waals surface area contributed by atoms with Gasteiger partial charge in [-0.1, -0.05) is 269 Å². The summed E-state index contributed by atoms with van der Waals surface area (Å²) in [5.74, 6) is -0.792. The van der Waals surface area contributed by atoms with Gasteiger partial charge in [-0.05, 0) is 64.2 Å². The lowest BCUT2D eigenvalue weighted by Gasteiger charge is -2.24. The van der Waals surface area contributed by atoms with Gasteiger partial charge in [0.1, 0.15) is 19.8 Å². The Kier molecular flexibility index (Phi) is 55.1. The number of esters is 2. The molecule has 9 nitrogen and oxygen atoms in total. The minimum absolute atomic E-state index is 0.0333. The molecule has 0 radical (unpaired) electrons. The molecule has 74 heavy (non-hydrogen) atoms. The van der Waals surface area contributed by atoms with E-state index in [0.717, 1.165) is 51.4 Å². The largest absolute Gasteiger partial charge is 0.472 e. The molecule has 0 saturated heterocycles. The molecule has 2 atom stereocenters. The van der Waals surface area contributed by atoms with Gasteiger partial charge in [0.05, 0.1) is 27.7 Å². The summed E-state index contributed by atoms with van der Waals surface area (Å²) in [6.07, 6.45) is 68.7. The maximum Gasteiger partial charge on any atom is 0.472 e. The highest BCUT2D eigenvalue weighted by Gasteiger charge is 2.27. The minimum Gasteiger partial charge on any atom is -0.462 e. The Balaban J connectivity index is 3.88. The van der Waals surface area contributed by atoms with Crippen molar-refractivity contribution in [2.45, 2.75) is 328 Å². The molecule has 0 fully saturated rings. The molecular weight excluding hydrogens is 942 g/mol. The van der Waals surface area contributed by atoms with Crippen molar-refractivity contribution in [3.8, 4) is 0 Å². The van der Waals surface area contributed by atoms with Crippen molar-refractivity contribution in [3.63, 3.8) is 0 Å². The summed E-state index contributed by atoms with van der Waals surface area (Å²) >= 11 is 0. The molecular formula is C64H125NO8P+. The van der Waals surface area contributed by atoms with Crippen LogP contribution in [0, 0.1) is 0 Å². The van der Waals surface area contributed by atoms with Crippen LogP contribution >= 0.6 is 7.82 Å². The number of carbonyl (C=O) groups is 2. The van der Waals surface area contributed by atoms with Gasteiger partial charge >= 0.3 is 19.8 Å². The van der Waals surface area contributed by atoms with Crippen LogP contribution < -0.4 is 0 Å². The van der Waals surface area contributed by atoms with E-state index < -0.39 is 26.5 Å². The molecule has 0 aromatic rings.